The van der Waals surface area contributed by atoms with Gasteiger partial charge in [0, 0.05) is 17.4 Å². The highest BCUT2D eigenvalue weighted by Crippen LogP contribution is 2.15. The molecule has 0 aliphatic carbocycles. The van der Waals surface area contributed by atoms with E-state index in [1.165, 1.54) is 6.07 Å². The molecule has 0 aliphatic heterocycles. The van der Waals surface area contributed by atoms with Gasteiger partial charge in [-0.3, -0.25) is 5.43 Å². The molecule has 0 saturated carbocycles. The average molecular weight is 382 g/mol. The van der Waals surface area contributed by atoms with Crippen molar-refractivity contribution in [2.45, 2.75) is 6.54 Å². The number of benzene rings is 2. The largest absolute Gasteiger partial charge is 0.497 e. The Morgan fingerprint density at radius 2 is 1.93 bits per heavy atom. The maximum Gasteiger partial charge on any atom is 0.191 e. The summed E-state index contributed by atoms with van der Waals surface area (Å²) in [4.78, 5) is 0. The van der Waals surface area contributed by atoms with Crippen LogP contribution in [0.4, 0.5) is 10.1 Å². The summed E-state index contributed by atoms with van der Waals surface area (Å²) < 4.78 is 20.9. The maximum atomic E-state index is 13.8. The Morgan fingerprint density at radius 1 is 1.15 bits per heavy atom. The van der Waals surface area contributed by atoms with Crippen molar-refractivity contribution in [3.63, 3.8) is 0 Å². The number of anilines is 1. The van der Waals surface area contributed by atoms with E-state index in [1.807, 2.05) is 53.2 Å². The van der Waals surface area contributed by atoms with Gasteiger partial charge in [-0.15, -0.1) is 0 Å². The summed E-state index contributed by atoms with van der Waals surface area (Å²) in [6, 6.07) is 17.9. The zero-order chi connectivity index (χ0) is 19.1. The van der Waals surface area contributed by atoms with E-state index in [1.54, 1.807) is 25.5 Å². The van der Waals surface area contributed by atoms with Crippen molar-refractivity contribution in [1.29, 1.82) is 0 Å². The van der Waals surface area contributed by atoms with E-state index in [2.05, 4.69) is 15.8 Å². The highest BCUT2D eigenvalue weighted by molar-refractivity contribution is 7.80. The molecular weight excluding hydrogens is 363 g/mol. The third-order valence-electron chi connectivity index (χ3n) is 3.87. The predicted molar refractivity (Wildman–Crippen MR) is 110 cm³/mol. The van der Waals surface area contributed by atoms with Crippen LogP contribution in [0.1, 0.15) is 11.3 Å². The number of nitrogens with one attached hydrogen (secondary N) is 2. The first-order valence-corrected chi connectivity index (χ1v) is 8.69. The Morgan fingerprint density at radius 3 is 2.67 bits per heavy atom. The topological polar surface area (TPSA) is 50.6 Å². The molecule has 0 saturated heterocycles. The third kappa shape index (κ3) is 5.15. The average Bonchev–Trinajstić information content (AvgIpc) is 3.11. The van der Waals surface area contributed by atoms with Gasteiger partial charge in [0.15, 0.2) is 5.11 Å². The van der Waals surface area contributed by atoms with E-state index < -0.39 is 0 Å². The Kier molecular flexibility index (Phi) is 6.17. The molecule has 0 radical (unpaired) electrons. The van der Waals surface area contributed by atoms with E-state index in [9.17, 15) is 4.39 Å². The van der Waals surface area contributed by atoms with Crippen molar-refractivity contribution in [3.05, 3.63) is 83.9 Å². The van der Waals surface area contributed by atoms with Crippen LogP contribution < -0.4 is 15.5 Å². The number of hydrazone groups is 1. The molecule has 3 aromatic rings. The summed E-state index contributed by atoms with van der Waals surface area (Å²) in [5.74, 6) is 0.546. The minimum Gasteiger partial charge on any atom is -0.497 e. The molecule has 1 heterocycles. The van der Waals surface area contributed by atoms with Gasteiger partial charge >= 0.3 is 0 Å². The highest BCUT2D eigenvalue weighted by atomic mass is 32.1. The number of methoxy groups -OCH3 is 1. The monoisotopic (exact) mass is 382 g/mol. The Bertz CT molecular complexity index is 937. The van der Waals surface area contributed by atoms with Gasteiger partial charge in [-0.2, -0.15) is 5.10 Å². The molecule has 0 aliphatic rings. The molecule has 2 N–H and O–H groups in total. The molecule has 138 valence electrons. The van der Waals surface area contributed by atoms with Crippen LogP contribution in [0.25, 0.3) is 0 Å². The number of hydrogen-bond acceptors (Lipinski definition) is 3. The van der Waals surface area contributed by atoms with Gasteiger partial charge in [-0.25, -0.2) is 4.39 Å². The zero-order valence-electron chi connectivity index (χ0n) is 14.7. The van der Waals surface area contributed by atoms with Crippen LogP contribution in [-0.2, 0) is 6.54 Å². The van der Waals surface area contributed by atoms with Crippen molar-refractivity contribution in [3.8, 4) is 5.75 Å². The van der Waals surface area contributed by atoms with Gasteiger partial charge in [0.05, 0.1) is 25.6 Å². The van der Waals surface area contributed by atoms with Gasteiger partial charge in [0.1, 0.15) is 11.6 Å². The van der Waals surface area contributed by atoms with E-state index in [0.29, 0.717) is 17.2 Å². The lowest BCUT2D eigenvalue weighted by Crippen LogP contribution is -2.24. The first-order valence-electron chi connectivity index (χ1n) is 8.28. The first-order chi connectivity index (χ1) is 13.2. The van der Waals surface area contributed by atoms with Gasteiger partial charge in [-0.1, -0.05) is 18.2 Å². The highest BCUT2D eigenvalue weighted by Gasteiger charge is 2.04. The second-order valence-corrected chi connectivity index (χ2v) is 6.11. The minimum atomic E-state index is -0.225. The van der Waals surface area contributed by atoms with Crippen molar-refractivity contribution < 1.29 is 9.13 Å². The molecule has 3 rings (SSSR count). The Labute approximate surface area is 162 Å². The smallest absolute Gasteiger partial charge is 0.191 e. The number of halogens is 1. The van der Waals surface area contributed by atoms with Gasteiger partial charge in [-0.05, 0) is 54.7 Å². The molecule has 5 nitrogen and oxygen atoms in total. The third-order valence-corrected chi connectivity index (χ3v) is 4.07. The van der Waals surface area contributed by atoms with Crippen molar-refractivity contribution in [1.82, 2.24) is 9.99 Å². The van der Waals surface area contributed by atoms with Crippen LogP contribution >= 0.6 is 12.2 Å². The van der Waals surface area contributed by atoms with Crippen LogP contribution in [0.5, 0.6) is 5.75 Å². The molecule has 0 fully saturated rings. The Hall–Kier alpha value is -3.19. The summed E-state index contributed by atoms with van der Waals surface area (Å²) in [5.41, 5.74) is 5.05. The number of ether oxygens (including phenoxy) is 1. The van der Waals surface area contributed by atoms with Crippen molar-refractivity contribution in [2.75, 3.05) is 12.4 Å². The van der Waals surface area contributed by atoms with Crippen LogP contribution in [0.2, 0.25) is 0 Å². The van der Waals surface area contributed by atoms with E-state index in [0.717, 1.165) is 17.1 Å². The normalized spacial score (nSPS) is 10.7. The molecular formula is C20H19FN4OS. The molecule has 0 bridgehead atoms. The molecule has 2 aromatic carbocycles. The van der Waals surface area contributed by atoms with Crippen molar-refractivity contribution >= 4 is 29.2 Å². The number of thiocarbonyl (C=S) groups is 1. The fourth-order valence-corrected chi connectivity index (χ4v) is 2.66. The minimum absolute atomic E-state index is 0.225. The van der Waals surface area contributed by atoms with E-state index in [4.69, 9.17) is 17.0 Å². The van der Waals surface area contributed by atoms with E-state index in [-0.39, 0.29) is 5.82 Å². The molecule has 7 heteroatoms. The molecule has 1 aromatic heterocycles. The summed E-state index contributed by atoms with van der Waals surface area (Å²) >= 11 is 5.22. The van der Waals surface area contributed by atoms with Gasteiger partial charge in [0.2, 0.25) is 0 Å². The van der Waals surface area contributed by atoms with Crippen LogP contribution in [0.15, 0.2) is 72.0 Å². The second-order valence-electron chi connectivity index (χ2n) is 5.70. The fourth-order valence-electron chi connectivity index (χ4n) is 2.49. The van der Waals surface area contributed by atoms with Gasteiger partial charge in [0.25, 0.3) is 0 Å². The van der Waals surface area contributed by atoms with Crippen LogP contribution in [-0.4, -0.2) is 23.0 Å². The zero-order valence-corrected chi connectivity index (χ0v) is 15.5. The summed E-state index contributed by atoms with van der Waals surface area (Å²) in [6.45, 7) is 0.426. The Balaban J connectivity index is 1.57. The first kappa shape index (κ1) is 18.6. The number of nitrogens with zero attached hydrogens (tertiary/aromatic N) is 2. The van der Waals surface area contributed by atoms with E-state index >= 15 is 0 Å². The summed E-state index contributed by atoms with van der Waals surface area (Å²) in [5, 5.41) is 7.54. The van der Waals surface area contributed by atoms with Gasteiger partial charge < -0.3 is 14.6 Å². The van der Waals surface area contributed by atoms with Crippen LogP contribution in [0, 0.1) is 5.82 Å². The molecule has 0 unspecified atom stereocenters. The lowest BCUT2D eigenvalue weighted by molar-refractivity contribution is 0.415. The molecule has 0 atom stereocenters. The SMILES string of the molecule is COc1ccc(NC(=S)N/N=C/c2cccn2Cc2ccccc2F)cc1. The fraction of sp³-hybridized carbons (Fsp3) is 0.100. The molecule has 0 spiro atoms. The molecule has 27 heavy (non-hydrogen) atoms. The molecule has 0 amide bonds. The summed E-state index contributed by atoms with van der Waals surface area (Å²) in [6.07, 6.45) is 3.52. The number of aromatic nitrogens is 1. The number of hydrogen-bond donors (Lipinski definition) is 2. The van der Waals surface area contributed by atoms with Crippen molar-refractivity contribution in [2.24, 2.45) is 5.10 Å². The predicted octanol–water partition coefficient (Wildman–Crippen LogP) is 4.00. The number of rotatable bonds is 6. The van der Waals surface area contributed by atoms with Crippen LogP contribution in [0.3, 0.4) is 0 Å². The maximum absolute atomic E-state index is 13.8. The summed E-state index contributed by atoms with van der Waals surface area (Å²) in [7, 11) is 1.62. The lowest BCUT2D eigenvalue weighted by Gasteiger charge is -2.09. The standard InChI is InChI=1S/C20H19FN4OS/c1-26-18-10-8-16(9-11-18)23-20(27)24-22-13-17-6-4-12-25(17)14-15-5-2-3-7-19(15)21/h2-13H,14H2,1H3,(H2,23,24,27)/b22-13+. The lowest BCUT2D eigenvalue weighted by atomic mass is 10.2. The quantitative estimate of drug-likeness (QED) is 0.384. The second kappa shape index (κ2) is 8.95.